The Hall–Kier alpha value is -4.00. The third kappa shape index (κ3) is 5.44. The Morgan fingerprint density at radius 2 is 1.82 bits per heavy atom. The number of alkyl halides is 3. The van der Waals surface area contributed by atoms with Crippen LogP contribution in [-0.2, 0) is 29.2 Å². The molecule has 4 atom stereocenters. The number of fused-ring (bicyclic) bond motifs is 1. The van der Waals surface area contributed by atoms with E-state index in [9.17, 15) is 28.2 Å². The third-order valence-corrected chi connectivity index (χ3v) is 10.3. The molecule has 1 amide bonds. The van der Waals surface area contributed by atoms with Gasteiger partial charge in [0, 0.05) is 48.1 Å². The van der Waals surface area contributed by atoms with Gasteiger partial charge in [-0.2, -0.15) is 13.2 Å². The molecule has 6 nitrogen and oxygen atoms in total. The van der Waals surface area contributed by atoms with E-state index in [1.54, 1.807) is 18.0 Å². The fraction of sp³-hybridized carbons (Fsp3) is 0.417. The van der Waals surface area contributed by atoms with Crippen LogP contribution >= 0.6 is 0 Å². The van der Waals surface area contributed by atoms with Gasteiger partial charge in [-0.15, -0.1) is 0 Å². The molecule has 2 aliphatic carbocycles. The molecule has 3 aliphatic rings. The number of piperidine rings is 1. The number of nitrogens with zero attached hydrogens (tertiary/aromatic N) is 2. The number of hydrogen-bond donors (Lipinski definition) is 2. The lowest BCUT2D eigenvalue weighted by Gasteiger charge is -2.65. The molecule has 1 heterocycles. The van der Waals surface area contributed by atoms with Gasteiger partial charge < -0.3 is 19.8 Å². The number of amides is 1. The summed E-state index contributed by atoms with van der Waals surface area (Å²) in [4.78, 5) is 17.3. The minimum absolute atomic E-state index is 0.0203. The molecule has 0 aromatic heterocycles. The summed E-state index contributed by atoms with van der Waals surface area (Å²) in [5, 5.41) is 23.6. The van der Waals surface area contributed by atoms with Gasteiger partial charge >= 0.3 is 6.18 Å². The highest BCUT2D eigenvalue weighted by Gasteiger charge is 2.66. The van der Waals surface area contributed by atoms with E-state index in [2.05, 4.69) is 28.9 Å². The molecule has 6 rings (SSSR count). The number of ether oxygens (including phenoxy) is 1. The Morgan fingerprint density at radius 3 is 2.51 bits per heavy atom. The second-order valence-electron chi connectivity index (χ2n) is 12.5. The lowest BCUT2D eigenvalue weighted by Crippen LogP contribution is -2.74. The van der Waals surface area contributed by atoms with Crippen molar-refractivity contribution in [1.82, 2.24) is 9.80 Å². The molecule has 0 radical (unpaired) electrons. The summed E-state index contributed by atoms with van der Waals surface area (Å²) < 4.78 is 44.6. The molecule has 1 saturated heterocycles. The largest absolute Gasteiger partial charge is 0.504 e. The number of phenolic OH excluding ortho intramolecular Hbond substituents is 1. The molecule has 2 bridgehead atoms. The number of carbonyl (C=O) groups is 1. The van der Waals surface area contributed by atoms with Gasteiger partial charge in [0.05, 0.1) is 18.3 Å². The lowest BCUT2D eigenvalue weighted by atomic mass is 9.48. The lowest BCUT2D eigenvalue weighted by molar-refractivity contribution is -0.177. The van der Waals surface area contributed by atoms with Crippen LogP contribution in [0, 0.1) is 11.8 Å². The summed E-state index contributed by atoms with van der Waals surface area (Å²) in [7, 11) is 3.21. The normalized spacial score (nSPS) is 25.7. The number of rotatable bonds is 5. The average molecular weight is 619 g/mol. The number of benzene rings is 3. The molecule has 3 aromatic carbocycles. The highest BCUT2D eigenvalue weighted by molar-refractivity contribution is 5.94. The molecular weight excluding hydrogens is 581 g/mol. The number of halogens is 3. The molecular formula is C36H37F3N2O4. The Morgan fingerprint density at radius 1 is 1.09 bits per heavy atom. The number of aliphatic hydroxyl groups is 1. The van der Waals surface area contributed by atoms with Gasteiger partial charge in [0.25, 0.3) is 5.91 Å². The molecule has 1 aliphatic heterocycles. The molecule has 2 N–H and O–H groups in total. The van der Waals surface area contributed by atoms with Crippen LogP contribution in [0.5, 0.6) is 11.5 Å². The Labute approximate surface area is 261 Å². The van der Waals surface area contributed by atoms with Crippen molar-refractivity contribution in [2.45, 2.75) is 67.8 Å². The minimum atomic E-state index is -4.45. The van der Waals surface area contributed by atoms with E-state index >= 15 is 0 Å². The molecule has 0 unspecified atom stereocenters. The van der Waals surface area contributed by atoms with E-state index in [0.29, 0.717) is 43.4 Å². The van der Waals surface area contributed by atoms with Crippen LogP contribution in [0.3, 0.4) is 0 Å². The molecule has 2 fully saturated rings. The number of phenols is 1. The first-order chi connectivity index (χ1) is 21.5. The molecule has 45 heavy (non-hydrogen) atoms. The van der Waals surface area contributed by atoms with Gasteiger partial charge in [-0.3, -0.25) is 9.69 Å². The number of likely N-dealkylation sites (tertiary alicyclic amines) is 1. The fourth-order valence-electron chi connectivity index (χ4n) is 8.00. The summed E-state index contributed by atoms with van der Waals surface area (Å²) in [6.45, 7) is 1.55. The maximum atomic E-state index is 13.3. The Kier molecular flexibility index (Phi) is 8.09. The average Bonchev–Trinajstić information content (AvgIpc) is 3.03. The summed E-state index contributed by atoms with van der Waals surface area (Å²) in [5.41, 5.74) is 0.760. The Bertz CT molecular complexity index is 1630. The second kappa shape index (κ2) is 11.7. The van der Waals surface area contributed by atoms with E-state index in [1.807, 2.05) is 24.3 Å². The molecule has 1 saturated carbocycles. The van der Waals surface area contributed by atoms with Crippen LogP contribution in [-0.4, -0.2) is 70.9 Å². The zero-order chi connectivity index (χ0) is 32.0. The third-order valence-electron chi connectivity index (χ3n) is 10.3. The summed E-state index contributed by atoms with van der Waals surface area (Å²) in [6.07, 6.45) is -0.867. The maximum Gasteiger partial charge on any atom is 0.416 e. The highest BCUT2D eigenvalue weighted by Crippen LogP contribution is 2.61. The van der Waals surface area contributed by atoms with Gasteiger partial charge in [-0.1, -0.05) is 42.3 Å². The second-order valence-corrected chi connectivity index (χ2v) is 12.5. The van der Waals surface area contributed by atoms with Crippen molar-refractivity contribution in [1.29, 1.82) is 0 Å². The standard InChI is InChI=1S/C36H37F3N2O4/c1-40(31(43)15-10-25-8-12-27(13-9-25)36(37,38)39)28-16-18-35(44)30-22-26-11-14-29(42)33(45-2)32(26)34(35,23-28)19-21-41(30)20-17-24-6-4-3-5-7-24/h3-9,11-14,28,30,42,44H,16-23H2,1-2H3/t28-,30+,34+,35+/m0/s1. The van der Waals surface area contributed by atoms with Crippen LogP contribution in [0.1, 0.15) is 53.5 Å². The van der Waals surface area contributed by atoms with Crippen molar-refractivity contribution in [2.75, 3.05) is 27.2 Å². The number of aromatic hydroxyl groups is 1. The predicted molar refractivity (Wildman–Crippen MR) is 164 cm³/mol. The zero-order valence-corrected chi connectivity index (χ0v) is 25.4. The van der Waals surface area contributed by atoms with Crippen LogP contribution in [0.2, 0.25) is 0 Å². The van der Waals surface area contributed by atoms with Gasteiger partial charge in [0.15, 0.2) is 11.5 Å². The van der Waals surface area contributed by atoms with E-state index in [1.165, 1.54) is 24.8 Å². The molecule has 3 aromatic rings. The quantitative estimate of drug-likeness (QED) is 0.379. The SMILES string of the molecule is COc1c(O)ccc2c1[C@]13CCN(CCc4ccccc4)[C@H](C2)[C@]1(O)CC[C@H](N(C)C(=O)C#Cc1ccc(C(F)(F)F)cc1)C3. The van der Waals surface area contributed by atoms with Crippen LogP contribution in [0.25, 0.3) is 0 Å². The smallest absolute Gasteiger partial charge is 0.416 e. The first kappa shape index (κ1) is 31.0. The zero-order valence-electron chi connectivity index (χ0n) is 25.4. The van der Waals surface area contributed by atoms with Crippen LogP contribution in [0.15, 0.2) is 66.7 Å². The first-order valence-corrected chi connectivity index (χ1v) is 15.3. The molecule has 0 spiro atoms. The topological polar surface area (TPSA) is 73.2 Å². The van der Waals surface area contributed by atoms with Crippen molar-refractivity contribution in [3.05, 3.63) is 94.5 Å². The van der Waals surface area contributed by atoms with Crippen molar-refractivity contribution in [3.8, 4) is 23.3 Å². The minimum Gasteiger partial charge on any atom is -0.504 e. The molecule has 9 heteroatoms. The summed E-state index contributed by atoms with van der Waals surface area (Å²) >= 11 is 0. The van der Waals surface area contributed by atoms with E-state index < -0.39 is 28.7 Å². The maximum absolute atomic E-state index is 13.3. The fourth-order valence-corrected chi connectivity index (χ4v) is 8.00. The summed E-state index contributed by atoms with van der Waals surface area (Å²) in [6, 6.07) is 17.9. The summed E-state index contributed by atoms with van der Waals surface area (Å²) in [5.74, 6) is 5.25. The van der Waals surface area contributed by atoms with Gasteiger partial charge in [0.2, 0.25) is 0 Å². The van der Waals surface area contributed by atoms with Gasteiger partial charge in [0.1, 0.15) is 0 Å². The number of carbonyl (C=O) groups excluding carboxylic acids is 1. The first-order valence-electron chi connectivity index (χ1n) is 15.3. The molecule has 236 valence electrons. The monoisotopic (exact) mass is 618 g/mol. The number of methoxy groups -OCH3 is 1. The van der Waals surface area contributed by atoms with Crippen molar-refractivity contribution in [2.24, 2.45) is 0 Å². The van der Waals surface area contributed by atoms with Crippen molar-refractivity contribution in [3.63, 3.8) is 0 Å². The van der Waals surface area contributed by atoms with Crippen LogP contribution < -0.4 is 4.74 Å². The van der Waals surface area contributed by atoms with Gasteiger partial charge in [-0.25, -0.2) is 0 Å². The number of hydrogen-bond acceptors (Lipinski definition) is 5. The van der Waals surface area contributed by atoms with Crippen molar-refractivity contribution >= 4 is 5.91 Å². The Balaban J connectivity index is 1.29. The van der Waals surface area contributed by atoms with E-state index in [-0.39, 0.29) is 17.8 Å². The highest BCUT2D eigenvalue weighted by atomic mass is 19.4. The van der Waals surface area contributed by atoms with E-state index in [0.717, 1.165) is 42.8 Å². The van der Waals surface area contributed by atoms with Crippen LogP contribution in [0.4, 0.5) is 13.2 Å². The predicted octanol–water partition coefficient (Wildman–Crippen LogP) is 5.32. The van der Waals surface area contributed by atoms with Crippen molar-refractivity contribution < 1.29 is 32.9 Å². The van der Waals surface area contributed by atoms with E-state index in [4.69, 9.17) is 4.74 Å². The van der Waals surface area contributed by atoms with Gasteiger partial charge in [-0.05, 0) is 86.5 Å².